The first-order chi connectivity index (χ1) is 7.79. The largest absolute Gasteiger partial charge is 0.481 e. The third-order valence-corrected chi connectivity index (χ3v) is 2.86. The SMILES string of the molecule is COc1ccc(CNCC(O)C2CC2)cn1. The first kappa shape index (κ1) is 11.4. The number of rotatable bonds is 6. The number of aromatic nitrogens is 1. The van der Waals surface area contributed by atoms with E-state index in [9.17, 15) is 5.11 Å². The molecule has 0 aliphatic heterocycles. The van der Waals surface area contributed by atoms with E-state index in [1.54, 1.807) is 13.3 Å². The van der Waals surface area contributed by atoms with Crippen LogP contribution in [-0.4, -0.2) is 29.8 Å². The monoisotopic (exact) mass is 222 g/mol. The standard InChI is InChI=1S/C12H18N2O2/c1-16-12-5-2-9(7-14-12)6-13-8-11(15)10-3-4-10/h2,5,7,10-11,13,15H,3-4,6,8H2,1H3. The van der Waals surface area contributed by atoms with Crippen LogP contribution < -0.4 is 10.1 Å². The van der Waals surface area contributed by atoms with Crippen LogP contribution in [0.15, 0.2) is 18.3 Å². The summed E-state index contributed by atoms with van der Waals surface area (Å²) in [6.45, 7) is 1.40. The molecule has 4 heteroatoms. The molecule has 1 heterocycles. The van der Waals surface area contributed by atoms with E-state index in [0.717, 1.165) is 12.1 Å². The summed E-state index contributed by atoms with van der Waals surface area (Å²) in [7, 11) is 1.60. The molecule has 1 saturated carbocycles. The molecule has 0 amide bonds. The molecular formula is C12H18N2O2. The van der Waals surface area contributed by atoms with Crippen molar-refractivity contribution in [1.29, 1.82) is 0 Å². The Morgan fingerprint density at radius 2 is 2.38 bits per heavy atom. The summed E-state index contributed by atoms with van der Waals surface area (Å²) in [6.07, 6.45) is 3.95. The van der Waals surface area contributed by atoms with Crippen LogP contribution >= 0.6 is 0 Å². The number of ether oxygens (including phenoxy) is 1. The summed E-state index contributed by atoms with van der Waals surface area (Å²) in [5, 5.41) is 12.9. The number of pyridine rings is 1. The van der Waals surface area contributed by atoms with E-state index in [-0.39, 0.29) is 6.10 Å². The average molecular weight is 222 g/mol. The minimum atomic E-state index is -0.189. The summed E-state index contributed by atoms with van der Waals surface area (Å²) >= 11 is 0. The van der Waals surface area contributed by atoms with E-state index < -0.39 is 0 Å². The Balaban J connectivity index is 1.71. The highest BCUT2D eigenvalue weighted by Crippen LogP contribution is 2.32. The van der Waals surface area contributed by atoms with Crippen LogP contribution in [-0.2, 0) is 6.54 Å². The lowest BCUT2D eigenvalue weighted by atomic mass is 10.2. The first-order valence-corrected chi connectivity index (χ1v) is 5.67. The molecule has 1 aliphatic rings. The van der Waals surface area contributed by atoms with Crippen LogP contribution in [0.5, 0.6) is 5.88 Å². The van der Waals surface area contributed by atoms with Gasteiger partial charge in [-0.2, -0.15) is 0 Å². The van der Waals surface area contributed by atoms with Gasteiger partial charge in [0.15, 0.2) is 0 Å². The molecule has 1 aromatic heterocycles. The van der Waals surface area contributed by atoms with E-state index >= 15 is 0 Å². The van der Waals surface area contributed by atoms with Gasteiger partial charge in [0, 0.05) is 25.4 Å². The van der Waals surface area contributed by atoms with Gasteiger partial charge in [-0.3, -0.25) is 0 Å². The smallest absolute Gasteiger partial charge is 0.212 e. The Kier molecular flexibility index (Phi) is 3.74. The van der Waals surface area contributed by atoms with Crippen LogP contribution in [0.3, 0.4) is 0 Å². The van der Waals surface area contributed by atoms with Crippen molar-refractivity contribution in [2.24, 2.45) is 5.92 Å². The molecule has 1 aliphatic carbocycles. The summed E-state index contributed by atoms with van der Waals surface area (Å²) in [4.78, 5) is 4.12. The summed E-state index contributed by atoms with van der Waals surface area (Å²) < 4.78 is 4.98. The van der Waals surface area contributed by atoms with Gasteiger partial charge in [-0.25, -0.2) is 4.98 Å². The third-order valence-electron chi connectivity index (χ3n) is 2.86. The van der Waals surface area contributed by atoms with Crippen molar-refractivity contribution in [1.82, 2.24) is 10.3 Å². The molecule has 1 aromatic rings. The van der Waals surface area contributed by atoms with Crippen molar-refractivity contribution in [3.63, 3.8) is 0 Å². The maximum absolute atomic E-state index is 9.65. The van der Waals surface area contributed by atoms with Crippen molar-refractivity contribution in [3.05, 3.63) is 23.9 Å². The fourth-order valence-corrected chi connectivity index (χ4v) is 1.65. The lowest BCUT2D eigenvalue weighted by molar-refractivity contribution is 0.148. The van der Waals surface area contributed by atoms with Gasteiger partial charge >= 0.3 is 0 Å². The number of methoxy groups -OCH3 is 1. The Morgan fingerprint density at radius 1 is 1.56 bits per heavy atom. The van der Waals surface area contributed by atoms with Crippen LogP contribution in [0, 0.1) is 5.92 Å². The highest BCUT2D eigenvalue weighted by molar-refractivity contribution is 5.17. The van der Waals surface area contributed by atoms with Crippen LogP contribution in [0.25, 0.3) is 0 Å². The lowest BCUT2D eigenvalue weighted by Gasteiger charge is -2.10. The number of nitrogens with one attached hydrogen (secondary N) is 1. The Labute approximate surface area is 95.7 Å². The topological polar surface area (TPSA) is 54.4 Å². The molecule has 88 valence electrons. The molecular weight excluding hydrogens is 204 g/mol. The fourth-order valence-electron chi connectivity index (χ4n) is 1.65. The molecule has 1 unspecified atom stereocenters. The second-order valence-corrected chi connectivity index (χ2v) is 4.24. The van der Waals surface area contributed by atoms with E-state index in [4.69, 9.17) is 4.74 Å². The number of aliphatic hydroxyl groups is 1. The van der Waals surface area contributed by atoms with Gasteiger partial charge in [-0.1, -0.05) is 6.07 Å². The summed E-state index contributed by atoms with van der Waals surface area (Å²) in [6, 6.07) is 3.82. The van der Waals surface area contributed by atoms with Crippen molar-refractivity contribution >= 4 is 0 Å². The van der Waals surface area contributed by atoms with Gasteiger partial charge in [-0.05, 0) is 24.3 Å². The molecule has 0 bridgehead atoms. The molecule has 2 rings (SSSR count). The Bertz CT molecular complexity index is 322. The average Bonchev–Trinajstić information content (AvgIpc) is 3.14. The van der Waals surface area contributed by atoms with E-state index in [0.29, 0.717) is 18.3 Å². The van der Waals surface area contributed by atoms with Crippen LogP contribution in [0.4, 0.5) is 0 Å². The van der Waals surface area contributed by atoms with Gasteiger partial charge in [0.2, 0.25) is 5.88 Å². The number of hydrogen-bond donors (Lipinski definition) is 2. The number of aliphatic hydroxyl groups excluding tert-OH is 1. The van der Waals surface area contributed by atoms with Crippen LogP contribution in [0.2, 0.25) is 0 Å². The fraction of sp³-hybridized carbons (Fsp3) is 0.583. The second-order valence-electron chi connectivity index (χ2n) is 4.24. The zero-order valence-electron chi connectivity index (χ0n) is 9.52. The predicted molar refractivity (Wildman–Crippen MR) is 61.2 cm³/mol. The van der Waals surface area contributed by atoms with Crippen molar-refractivity contribution < 1.29 is 9.84 Å². The molecule has 0 spiro atoms. The molecule has 0 radical (unpaired) electrons. The zero-order chi connectivity index (χ0) is 11.4. The van der Waals surface area contributed by atoms with Gasteiger partial charge in [0.05, 0.1) is 13.2 Å². The minimum Gasteiger partial charge on any atom is -0.481 e. The maximum Gasteiger partial charge on any atom is 0.212 e. The van der Waals surface area contributed by atoms with E-state index in [1.165, 1.54) is 12.8 Å². The zero-order valence-corrected chi connectivity index (χ0v) is 9.52. The molecule has 0 saturated heterocycles. The van der Waals surface area contributed by atoms with Crippen molar-refractivity contribution in [3.8, 4) is 5.88 Å². The van der Waals surface area contributed by atoms with Gasteiger partial charge in [-0.15, -0.1) is 0 Å². The molecule has 16 heavy (non-hydrogen) atoms. The Morgan fingerprint density at radius 3 is 2.94 bits per heavy atom. The van der Waals surface area contributed by atoms with Gasteiger partial charge in [0.1, 0.15) is 0 Å². The molecule has 0 aromatic carbocycles. The second kappa shape index (κ2) is 5.27. The summed E-state index contributed by atoms with van der Waals surface area (Å²) in [5.41, 5.74) is 1.10. The molecule has 4 nitrogen and oxygen atoms in total. The number of nitrogens with zero attached hydrogens (tertiary/aromatic N) is 1. The van der Waals surface area contributed by atoms with Crippen LogP contribution in [0.1, 0.15) is 18.4 Å². The highest BCUT2D eigenvalue weighted by Gasteiger charge is 2.28. The third kappa shape index (κ3) is 3.18. The predicted octanol–water partition coefficient (Wildman–Crippen LogP) is 0.951. The molecule has 2 N–H and O–H groups in total. The van der Waals surface area contributed by atoms with E-state index in [2.05, 4.69) is 10.3 Å². The quantitative estimate of drug-likeness (QED) is 0.752. The van der Waals surface area contributed by atoms with Crippen molar-refractivity contribution in [2.45, 2.75) is 25.5 Å². The minimum absolute atomic E-state index is 0.189. The normalized spacial score (nSPS) is 17.1. The van der Waals surface area contributed by atoms with Crippen molar-refractivity contribution in [2.75, 3.05) is 13.7 Å². The molecule has 1 atom stereocenters. The lowest BCUT2D eigenvalue weighted by Crippen LogP contribution is -2.27. The maximum atomic E-state index is 9.65. The number of hydrogen-bond acceptors (Lipinski definition) is 4. The van der Waals surface area contributed by atoms with E-state index in [1.807, 2.05) is 12.1 Å². The Hall–Kier alpha value is -1.13. The highest BCUT2D eigenvalue weighted by atomic mass is 16.5. The summed E-state index contributed by atoms with van der Waals surface area (Å²) in [5.74, 6) is 1.16. The molecule has 1 fully saturated rings. The van der Waals surface area contributed by atoms with Gasteiger partial charge in [0.25, 0.3) is 0 Å². The first-order valence-electron chi connectivity index (χ1n) is 5.67. The van der Waals surface area contributed by atoms with Gasteiger partial charge < -0.3 is 15.2 Å².